The Bertz CT molecular complexity index is 470. The van der Waals surface area contributed by atoms with E-state index in [1.165, 1.54) is 17.3 Å². The normalized spacial score (nSPS) is 12.3. The highest BCUT2D eigenvalue weighted by Crippen LogP contribution is 2.23. The minimum atomic E-state index is 0.106. The van der Waals surface area contributed by atoms with Gasteiger partial charge in [-0.2, -0.15) is 8.75 Å². The van der Waals surface area contributed by atoms with Crippen LogP contribution in [-0.2, 0) is 0 Å². The lowest BCUT2D eigenvalue weighted by Crippen LogP contribution is -2.23. The molecule has 2 rings (SSSR count). The maximum Gasteiger partial charge on any atom is 0.119 e. The predicted molar refractivity (Wildman–Crippen MR) is 77.7 cm³/mol. The Balaban J connectivity index is 2.17. The maximum absolute atomic E-state index is 5.47. The molecule has 1 unspecified atom stereocenters. The summed E-state index contributed by atoms with van der Waals surface area (Å²) >= 11 is 1.24. The Morgan fingerprint density at radius 2 is 2.05 bits per heavy atom. The number of nitrogens with zero attached hydrogens (tertiary/aromatic N) is 2. The van der Waals surface area contributed by atoms with Crippen molar-refractivity contribution in [2.75, 3.05) is 13.2 Å². The molecule has 102 valence electrons. The molecule has 0 amide bonds. The molecule has 1 heterocycles. The highest BCUT2D eigenvalue weighted by Gasteiger charge is 2.15. The number of benzene rings is 1. The molecule has 1 N–H and O–H groups in total. The summed E-state index contributed by atoms with van der Waals surface area (Å²) in [4.78, 5) is 0. The summed E-state index contributed by atoms with van der Waals surface area (Å²) in [6.07, 6.45) is 2.92. The van der Waals surface area contributed by atoms with Crippen molar-refractivity contribution in [2.45, 2.75) is 26.3 Å². The molecule has 1 atom stereocenters. The lowest BCUT2D eigenvalue weighted by Gasteiger charge is -2.17. The third-order valence-corrected chi connectivity index (χ3v) is 3.29. The molecule has 0 radical (unpaired) electrons. The van der Waals surface area contributed by atoms with E-state index in [1.807, 2.05) is 25.3 Å². The van der Waals surface area contributed by atoms with E-state index in [0.717, 1.165) is 24.4 Å². The van der Waals surface area contributed by atoms with E-state index in [0.29, 0.717) is 6.61 Å². The first-order valence-electron chi connectivity index (χ1n) is 6.58. The van der Waals surface area contributed by atoms with E-state index in [1.54, 1.807) is 0 Å². The fraction of sp³-hybridized carbons (Fsp3) is 0.429. The van der Waals surface area contributed by atoms with Gasteiger partial charge in [0.1, 0.15) is 5.75 Å². The molecule has 0 bridgehead atoms. The Morgan fingerprint density at radius 3 is 2.63 bits per heavy atom. The van der Waals surface area contributed by atoms with Crippen LogP contribution in [0.15, 0.2) is 30.5 Å². The van der Waals surface area contributed by atoms with Crippen LogP contribution in [0.1, 0.15) is 37.6 Å². The summed E-state index contributed by atoms with van der Waals surface area (Å²) in [6.45, 7) is 5.78. The molecule has 0 aliphatic heterocycles. The van der Waals surface area contributed by atoms with Crippen LogP contribution in [0.2, 0.25) is 0 Å². The van der Waals surface area contributed by atoms with Crippen molar-refractivity contribution in [3.63, 3.8) is 0 Å². The Hall–Kier alpha value is -1.46. The van der Waals surface area contributed by atoms with Crippen molar-refractivity contribution < 1.29 is 4.74 Å². The molecule has 5 heteroatoms. The average Bonchev–Trinajstić information content (AvgIpc) is 2.95. The van der Waals surface area contributed by atoms with Gasteiger partial charge < -0.3 is 10.1 Å². The summed E-state index contributed by atoms with van der Waals surface area (Å²) in [5.41, 5.74) is 2.16. The van der Waals surface area contributed by atoms with Gasteiger partial charge in [0.2, 0.25) is 0 Å². The predicted octanol–water partition coefficient (Wildman–Crippen LogP) is 3.03. The first-order valence-corrected chi connectivity index (χ1v) is 7.31. The van der Waals surface area contributed by atoms with Gasteiger partial charge in [0.15, 0.2) is 0 Å². The number of rotatable bonds is 7. The van der Waals surface area contributed by atoms with Crippen LogP contribution < -0.4 is 10.1 Å². The molecular weight excluding hydrogens is 258 g/mol. The van der Waals surface area contributed by atoms with Gasteiger partial charge in [-0.25, -0.2) is 0 Å². The first-order chi connectivity index (χ1) is 9.35. The monoisotopic (exact) mass is 277 g/mol. The fourth-order valence-electron chi connectivity index (χ4n) is 1.90. The summed E-state index contributed by atoms with van der Waals surface area (Å²) in [6, 6.07) is 8.27. The molecular formula is C14H19N3OS. The van der Waals surface area contributed by atoms with Crippen LogP contribution >= 0.6 is 11.7 Å². The van der Waals surface area contributed by atoms with Gasteiger partial charge in [-0.15, -0.1) is 0 Å². The average molecular weight is 277 g/mol. The third-order valence-electron chi connectivity index (χ3n) is 2.80. The Morgan fingerprint density at radius 1 is 1.26 bits per heavy atom. The molecule has 0 saturated carbocycles. The second-order valence-corrected chi connectivity index (χ2v) is 4.78. The zero-order valence-corrected chi connectivity index (χ0v) is 12.1. The van der Waals surface area contributed by atoms with Crippen LogP contribution in [0.3, 0.4) is 0 Å². The van der Waals surface area contributed by atoms with Gasteiger partial charge in [0.25, 0.3) is 0 Å². The standard InChI is InChI=1S/C14H19N3OS/c1-3-9-15-14(13-10-16-19-17-13)11-5-7-12(8-6-11)18-4-2/h5-8,10,14-15H,3-4,9H2,1-2H3. The zero-order valence-electron chi connectivity index (χ0n) is 11.3. The van der Waals surface area contributed by atoms with Gasteiger partial charge in [-0.05, 0) is 37.6 Å². The summed E-state index contributed by atoms with van der Waals surface area (Å²) in [7, 11) is 0. The quantitative estimate of drug-likeness (QED) is 0.845. The van der Waals surface area contributed by atoms with E-state index < -0.39 is 0 Å². The summed E-state index contributed by atoms with van der Waals surface area (Å²) < 4.78 is 13.9. The minimum Gasteiger partial charge on any atom is -0.494 e. The van der Waals surface area contributed by atoms with E-state index in [2.05, 4.69) is 33.1 Å². The Kier molecular flexibility index (Phi) is 5.30. The SMILES string of the molecule is CCCNC(c1ccc(OCC)cc1)c1cnsn1. The molecule has 1 aromatic heterocycles. The lowest BCUT2D eigenvalue weighted by molar-refractivity contribution is 0.340. The molecule has 4 nitrogen and oxygen atoms in total. The van der Waals surface area contributed by atoms with Gasteiger partial charge in [-0.3, -0.25) is 0 Å². The molecule has 0 fully saturated rings. The second kappa shape index (κ2) is 7.21. The van der Waals surface area contributed by atoms with Crippen molar-refractivity contribution in [3.05, 3.63) is 41.7 Å². The van der Waals surface area contributed by atoms with Crippen LogP contribution in [0.5, 0.6) is 5.75 Å². The molecule has 19 heavy (non-hydrogen) atoms. The van der Waals surface area contributed by atoms with Crippen molar-refractivity contribution >= 4 is 11.7 Å². The van der Waals surface area contributed by atoms with E-state index in [-0.39, 0.29) is 6.04 Å². The highest BCUT2D eigenvalue weighted by atomic mass is 32.1. The van der Waals surface area contributed by atoms with Crippen molar-refractivity contribution in [3.8, 4) is 5.75 Å². The van der Waals surface area contributed by atoms with Crippen molar-refractivity contribution in [1.29, 1.82) is 0 Å². The zero-order chi connectivity index (χ0) is 13.5. The van der Waals surface area contributed by atoms with E-state index in [4.69, 9.17) is 4.74 Å². The molecule has 1 aromatic carbocycles. The van der Waals surface area contributed by atoms with Crippen LogP contribution in [0.25, 0.3) is 0 Å². The molecule has 2 aromatic rings. The summed E-state index contributed by atoms with van der Waals surface area (Å²) in [5, 5.41) is 3.50. The molecule has 0 spiro atoms. The highest BCUT2D eigenvalue weighted by molar-refractivity contribution is 6.99. The van der Waals surface area contributed by atoms with Crippen LogP contribution in [0, 0.1) is 0 Å². The van der Waals surface area contributed by atoms with Crippen LogP contribution in [-0.4, -0.2) is 21.9 Å². The number of nitrogens with one attached hydrogen (secondary N) is 1. The van der Waals surface area contributed by atoms with Crippen LogP contribution in [0.4, 0.5) is 0 Å². The first kappa shape index (κ1) is 14.0. The maximum atomic E-state index is 5.47. The van der Waals surface area contributed by atoms with E-state index in [9.17, 15) is 0 Å². The third kappa shape index (κ3) is 3.75. The topological polar surface area (TPSA) is 47.0 Å². The largest absolute Gasteiger partial charge is 0.494 e. The van der Waals surface area contributed by atoms with Gasteiger partial charge in [0.05, 0.1) is 36.3 Å². The van der Waals surface area contributed by atoms with Crippen molar-refractivity contribution in [2.24, 2.45) is 0 Å². The smallest absolute Gasteiger partial charge is 0.119 e. The number of hydrogen-bond donors (Lipinski definition) is 1. The fourth-order valence-corrected chi connectivity index (χ4v) is 2.35. The number of hydrogen-bond acceptors (Lipinski definition) is 5. The lowest BCUT2D eigenvalue weighted by atomic mass is 10.0. The summed E-state index contributed by atoms with van der Waals surface area (Å²) in [5.74, 6) is 0.900. The van der Waals surface area contributed by atoms with Gasteiger partial charge >= 0.3 is 0 Å². The molecule has 0 aliphatic carbocycles. The number of aromatic nitrogens is 2. The van der Waals surface area contributed by atoms with E-state index >= 15 is 0 Å². The van der Waals surface area contributed by atoms with Gasteiger partial charge in [0, 0.05) is 0 Å². The van der Waals surface area contributed by atoms with Crippen molar-refractivity contribution in [1.82, 2.24) is 14.1 Å². The Labute approximate surface area is 118 Å². The number of ether oxygens (including phenoxy) is 1. The minimum absolute atomic E-state index is 0.106. The second-order valence-electron chi connectivity index (χ2n) is 4.22. The molecule has 0 aliphatic rings. The molecule has 0 saturated heterocycles. The van der Waals surface area contributed by atoms with Gasteiger partial charge in [-0.1, -0.05) is 19.1 Å².